The zero-order chi connectivity index (χ0) is 18.4. The monoisotopic (exact) mass is 415 g/mol. The molecule has 136 valence electrons. The van der Waals surface area contributed by atoms with Crippen molar-refractivity contribution in [1.82, 2.24) is 5.32 Å². The Bertz CT molecular complexity index is 829. The summed E-state index contributed by atoms with van der Waals surface area (Å²) >= 11 is 3.63. The Balaban J connectivity index is 1.74. The van der Waals surface area contributed by atoms with Crippen LogP contribution in [0.3, 0.4) is 0 Å². The van der Waals surface area contributed by atoms with Gasteiger partial charge in [-0.05, 0) is 36.8 Å². The number of nitrogens with one attached hydrogen (secondary N) is 1. The van der Waals surface area contributed by atoms with Crippen LogP contribution in [-0.4, -0.2) is 7.11 Å². The smallest absolute Gasteiger partial charge is 0.167 e. The SMILES string of the molecule is COc1ccc(Br)c(CNCc2ccco2)c1OCc1ccc(C)cc1. The molecule has 0 saturated carbocycles. The first-order valence-corrected chi connectivity index (χ1v) is 9.23. The van der Waals surface area contributed by atoms with Gasteiger partial charge in [-0.25, -0.2) is 0 Å². The van der Waals surface area contributed by atoms with Crippen molar-refractivity contribution in [1.29, 1.82) is 0 Å². The molecule has 0 fully saturated rings. The molecule has 0 aliphatic heterocycles. The predicted molar refractivity (Wildman–Crippen MR) is 105 cm³/mol. The molecule has 1 aromatic heterocycles. The Hall–Kier alpha value is -2.24. The van der Waals surface area contributed by atoms with Gasteiger partial charge in [0, 0.05) is 16.6 Å². The first-order chi connectivity index (χ1) is 12.7. The number of rotatable bonds is 8. The molecule has 1 heterocycles. The molecule has 4 nitrogen and oxygen atoms in total. The molecule has 0 saturated heterocycles. The summed E-state index contributed by atoms with van der Waals surface area (Å²) in [4.78, 5) is 0. The highest BCUT2D eigenvalue weighted by Gasteiger charge is 2.15. The van der Waals surface area contributed by atoms with Gasteiger partial charge in [-0.1, -0.05) is 45.8 Å². The van der Waals surface area contributed by atoms with Gasteiger partial charge in [0.05, 0.1) is 19.9 Å². The number of furan rings is 1. The van der Waals surface area contributed by atoms with E-state index in [0.29, 0.717) is 19.7 Å². The summed E-state index contributed by atoms with van der Waals surface area (Å²) in [6.07, 6.45) is 1.68. The van der Waals surface area contributed by atoms with Gasteiger partial charge in [-0.15, -0.1) is 0 Å². The zero-order valence-corrected chi connectivity index (χ0v) is 16.5. The molecule has 0 aliphatic carbocycles. The number of aryl methyl sites for hydroxylation is 1. The lowest BCUT2D eigenvalue weighted by atomic mass is 10.1. The van der Waals surface area contributed by atoms with Crippen molar-refractivity contribution >= 4 is 15.9 Å². The summed E-state index contributed by atoms with van der Waals surface area (Å²) in [7, 11) is 1.65. The van der Waals surface area contributed by atoms with Crippen LogP contribution in [0.4, 0.5) is 0 Å². The third kappa shape index (κ3) is 4.68. The Morgan fingerprint density at radius 3 is 2.54 bits per heavy atom. The molecule has 0 unspecified atom stereocenters. The van der Waals surface area contributed by atoms with E-state index in [4.69, 9.17) is 13.9 Å². The van der Waals surface area contributed by atoms with Crippen LogP contribution in [0, 0.1) is 6.92 Å². The number of benzene rings is 2. The van der Waals surface area contributed by atoms with Crippen molar-refractivity contribution in [3.63, 3.8) is 0 Å². The van der Waals surface area contributed by atoms with Gasteiger partial charge in [0.25, 0.3) is 0 Å². The first-order valence-electron chi connectivity index (χ1n) is 8.44. The van der Waals surface area contributed by atoms with E-state index in [-0.39, 0.29) is 0 Å². The molecule has 26 heavy (non-hydrogen) atoms. The molecule has 0 spiro atoms. The minimum atomic E-state index is 0.484. The summed E-state index contributed by atoms with van der Waals surface area (Å²) in [5.74, 6) is 2.36. The van der Waals surface area contributed by atoms with Crippen LogP contribution in [0.1, 0.15) is 22.5 Å². The maximum absolute atomic E-state index is 6.14. The van der Waals surface area contributed by atoms with E-state index in [1.165, 1.54) is 5.56 Å². The lowest BCUT2D eigenvalue weighted by molar-refractivity contribution is 0.280. The Morgan fingerprint density at radius 1 is 1.04 bits per heavy atom. The topological polar surface area (TPSA) is 43.6 Å². The van der Waals surface area contributed by atoms with Crippen molar-refractivity contribution < 1.29 is 13.9 Å². The molecule has 0 radical (unpaired) electrons. The van der Waals surface area contributed by atoms with E-state index >= 15 is 0 Å². The average molecular weight is 416 g/mol. The molecule has 0 atom stereocenters. The Labute approximate surface area is 162 Å². The van der Waals surface area contributed by atoms with Crippen molar-refractivity contribution in [2.24, 2.45) is 0 Å². The third-order valence-corrected chi connectivity index (χ3v) is 4.81. The standard InChI is InChI=1S/C21H22BrNO3/c1-15-5-7-16(8-6-15)14-26-21-18(19(22)9-10-20(21)24-2)13-23-12-17-4-3-11-25-17/h3-11,23H,12-14H2,1-2H3. The van der Waals surface area contributed by atoms with Crippen LogP contribution in [-0.2, 0) is 19.7 Å². The summed E-state index contributed by atoms with van der Waals surface area (Å²) in [5.41, 5.74) is 3.37. The molecule has 0 bridgehead atoms. The highest BCUT2D eigenvalue weighted by Crippen LogP contribution is 2.36. The molecule has 3 rings (SSSR count). The van der Waals surface area contributed by atoms with Gasteiger partial charge < -0.3 is 19.2 Å². The minimum Gasteiger partial charge on any atom is -0.493 e. The third-order valence-electron chi connectivity index (χ3n) is 4.07. The van der Waals surface area contributed by atoms with Crippen molar-refractivity contribution in [2.75, 3.05) is 7.11 Å². The molecule has 1 N–H and O–H groups in total. The summed E-state index contributed by atoms with van der Waals surface area (Å²) in [5, 5.41) is 3.38. The number of ether oxygens (including phenoxy) is 2. The maximum Gasteiger partial charge on any atom is 0.167 e. The van der Waals surface area contributed by atoms with Crippen molar-refractivity contribution in [3.05, 3.63) is 81.7 Å². The summed E-state index contributed by atoms with van der Waals surface area (Å²) < 4.78 is 18.0. The number of methoxy groups -OCH3 is 1. The normalized spacial score (nSPS) is 10.7. The van der Waals surface area contributed by atoms with E-state index in [1.807, 2.05) is 24.3 Å². The van der Waals surface area contributed by atoms with Crippen LogP contribution in [0.15, 0.2) is 63.7 Å². The van der Waals surface area contributed by atoms with Gasteiger partial charge >= 0.3 is 0 Å². The highest BCUT2D eigenvalue weighted by atomic mass is 79.9. The van der Waals surface area contributed by atoms with Crippen molar-refractivity contribution in [2.45, 2.75) is 26.6 Å². The fourth-order valence-corrected chi connectivity index (χ4v) is 3.08. The molecule has 0 aliphatic rings. The molecular weight excluding hydrogens is 394 g/mol. The molecule has 0 amide bonds. The van der Waals surface area contributed by atoms with Gasteiger partial charge in [-0.2, -0.15) is 0 Å². The Morgan fingerprint density at radius 2 is 1.85 bits per heavy atom. The van der Waals surface area contributed by atoms with Crippen LogP contribution >= 0.6 is 15.9 Å². The van der Waals surface area contributed by atoms with Gasteiger partial charge in [0.2, 0.25) is 0 Å². The maximum atomic E-state index is 6.14. The molecule has 5 heteroatoms. The quantitative estimate of drug-likeness (QED) is 0.546. The fourth-order valence-electron chi connectivity index (χ4n) is 2.63. The van der Waals surface area contributed by atoms with E-state index < -0.39 is 0 Å². The number of halogens is 1. The largest absolute Gasteiger partial charge is 0.493 e. The first kappa shape index (κ1) is 18.5. The fraction of sp³-hybridized carbons (Fsp3) is 0.238. The van der Waals surface area contributed by atoms with Crippen LogP contribution in [0.2, 0.25) is 0 Å². The van der Waals surface area contributed by atoms with E-state index in [0.717, 1.165) is 32.9 Å². The van der Waals surface area contributed by atoms with Gasteiger partial charge in [0.1, 0.15) is 12.4 Å². The van der Waals surface area contributed by atoms with Gasteiger partial charge in [0.15, 0.2) is 11.5 Å². The Kier molecular flexibility index (Phi) is 6.36. The zero-order valence-electron chi connectivity index (χ0n) is 14.9. The van der Waals surface area contributed by atoms with Crippen molar-refractivity contribution in [3.8, 4) is 11.5 Å². The molecular formula is C21H22BrNO3. The number of hydrogen-bond donors (Lipinski definition) is 1. The van der Waals surface area contributed by atoms with E-state index in [2.05, 4.69) is 52.4 Å². The summed E-state index contributed by atoms with van der Waals surface area (Å²) in [6, 6.07) is 16.0. The summed E-state index contributed by atoms with van der Waals surface area (Å²) in [6.45, 7) is 3.83. The van der Waals surface area contributed by atoms with Crippen LogP contribution in [0.5, 0.6) is 11.5 Å². The second-order valence-corrected chi connectivity index (χ2v) is 6.87. The minimum absolute atomic E-state index is 0.484. The van der Waals surface area contributed by atoms with Crippen LogP contribution in [0.25, 0.3) is 0 Å². The lowest BCUT2D eigenvalue weighted by Crippen LogP contribution is -2.14. The number of hydrogen-bond acceptors (Lipinski definition) is 4. The molecule has 3 aromatic rings. The average Bonchev–Trinajstić information content (AvgIpc) is 3.16. The second kappa shape index (κ2) is 8.92. The van der Waals surface area contributed by atoms with E-state index in [9.17, 15) is 0 Å². The van der Waals surface area contributed by atoms with E-state index in [1.54, 1.807) is 13.4 Å². The second-order valence-electron chi connectivity index (χ2n) is 6.01. The van der Waals surface area contributed by atoms with Crippen LogP contribution < -0.4 is 14.8 Å². The van der Waals surface area contributed by atoms with Gasteiger partial charge in [-0.3, -0.25) is 0 Å². The lowest BCUT2D eigenvalue weighted by Gasteiger charge is -2.17. The molecule has 2 aromatic carbocycles. The predicted octanol–water partition coefficient (Wildman–Crippen LogP) is 5.23. The highest BCUT2D eigenvalue weighted by molar-refractivity contribution is 9.10.